The second kappa shape index (κ2) is 10.9. The molecule has 0 spiro atoms. The van der Waals surface area contributed by atoms with Crippen molar-refractivity contribution in [3.63, 3.8) is 0 Å². The Morgan fingerprint density at radius 3 is 1.19 bits per heavy atom. The zero-order valence-electron chi connectivity index (χ0n) is 13.8. The first kappa shape index (κ1) is 20.2. The van der Waals surface area contributed by atoms with E-state index in [9.17, 15) is 19.2 Å². The van der Waals surface area contributed by atoms with Crippen LogP contribution in [0.5, 0.6) is 0 Å². The number of carbonyl (C=O) groups excluding carboxylic acids is 4. The minimum absolute atomic E-state index is 0.345. The molecule has 0 atom stereocenters. The first-order chi connectivity index (χ1) is 12.5. The van der Waals surface area contributed by atoms with Gasteiger partial charge >= 0.3 is 23.9 Å². The lowest BCUT2D eigenvalue weighted by Gasteiger charge is -1.98. The molecule has 0 unspecified atom stereocenters. The van der Waals surface area contributed by atoms with Crippen LogP contribution in [0.25, 0.3) is 0 Å². The van der Waals surface area contributed by atoms with Crippen molar-refractivity contribution in [2.45, 2.75) is 0 Å². The lowest BCUT2D eigenvalue weighted by molar-refractivity contribution is -0.133. The number of rotatable bonds is 4. The van der Waals surface area contributed by atoms with E-state index in [2.05, 4.69) is 22.6 Å². The fourth-order valence-corrected chi connectivity index (χ4v) is 1.53. The predicted molar refractivity (Wildman–Crippen MR) is 94.1 cm³/mol. The summed E-state index contributed by atoms with van der Waals surface area (Å²) in [6.45, 7) is 6.36. The van der Waals surface area contributed by atoms with Gasteiger partial charge in [0.25, 0.3) is 0 Å². The summed E-state index contributed by atoms with van der Waals surface area (Å²) in [6, 6.07) is 16.6. The van der Waals surface area contributed by atoms with Crippen LogP contribution < -0.4 is 0 Å². The maximum Gasteiger partial charge on any atom is 0.346 e. The summed E-state index contributed by atoms with van der Waals surface area (Å²) in [5.74, 6) is -2.81. The number of carbonyl (C=O) groups is 4. The van der Waals surface area contributed by atoms with E-state index in [0.29, 0.717) is 11.1 Å². The van der Waals surface area contributed by atoms with Crippen LogP contribution in [0.15, 0.2) is 86.0 Å². The summed E-state index contributed by atoms with van der Waals surface area (Å²) in [5.41, 5.74) is 0.690. The second-order valence-electron chi connectivity index (χ2n) is 4.56. The molecule has 0 heterocycles. The highest BCUT2D eigenvalue weighted by Crippen LogP contribution is 2.01. The van der Waals surface area contributed by atoms with E-state index in [1.54, 1.807) is 60.7 Å². The van der Waals surface area contributed by atoms with Gasteiger partial charge in [0, 0.05) is 12.2 Å². The number of ether oxygens (including phenoxy) is 2. The molecule has 0 amide bonds. The molecule has 6 heteroatoms. The monoisotopic (exact) mass is 352 g/mol. The van der Waals surface area contributed by atoms with E-state index in [-0.39, 0.29) is 0 Å². The molecule has 0 radical (unpaired) electrons. The van der Waals surface area contributed by atoms with Crippen LogP contribution >= 0.6 is 0 Å². The molecule has 2 aromatic carbocycles. The van der Waals surface area contributed by atoms with Crippen LogP contribution in [-0.4, -0.2) is 23.9 Å². The fourth-order valence-electron chi connectivity index (χ4n) is 1.53. The van der Waals surface area contributed by atoms with Gasteiger partial charge in [-0.2, -0.15) is 0 Å². The van der Waals surface area contributed by atoms with E-state index in [4.69, 9.17) is 0 Å². The maximum absolute atomic E-state index is 11.1. The van der Waals surface area contributed by atoms with Gasteiger partial charge in [-0.3, -0.25) is 0 Å². The topological polar surface area (TPSA) is 86.7 Å². The third-order valence-corrected chi connectivity index (χ3v) is 2.74. The van der Waals surface area contributed by atoms with Gasteiger partial charge in [0.1, 0.15) is 0 Å². The van der Waals surface area contributed by atoms with Crippen molar-refractivity contribution in [2.24, 2.45) is 0 Å². The Kier molecular flexibility index (Phi) is 8.47. The lowest BCUT2D eigenvalue weighted by atomic mass is 10.2. The summed E-state index contributed by atoms with van der Waals surface area (Å²) in [7, 11) is 0. The van der Waals surface area contributed by atoms with Crippen molar-refractivity contribution in [3.8, 4) is 0 Å². The van der Waals surface area contributed by atoms with Crippen LogP contribution in [0.4, 0.5) is 0 Å². The molecular formula is C20H16O6. The van der Waals surface area contributed by atoms with Crippen LogP contribution in [0.3, 0.4) is 0 Å². The van der Waals surface area contributed by atoms with Gasteiger partial charge in [0.05, 0.1) is 11.1 Å². The molecule has 132 valence electrons. The zero-order chi connectivity index (χ0) is 19.4. The smallest absolute Gasteiger partial charge is 0.346 e. The third kappa shape index (κ3) is 7.18. The summed E-state index contributed by atoms with van der Waals surface area (Å²) in [4.78, 5) is 43.5. The second-order valence-corrected chi connectivity index (χ2v) is 4.56. The Bertz CT molecular complexity index is 724. The molecule has 0 aliphatic carbocycles. The Morgan fingerprint density at radius 1 is 0.615 bits per heavy atom. The van der Waals surface area contributed by atoms with Gasteiger partial charge in [-0.15, -0.1) is 0 Å². The quantitative estimate of drug-likeness (QED) is 0.477. The van der Waals surface area contributed by atoms with Crippen LogP contribution in [0.1, 0.15) is 20.7 Å². The molecule has 0 fully saturated rings. The van der Waals surface area contributed by atoms with Crippen molar-refractivity contribution < 1.29 is 28.7 Å². The highest BCUT2D eigenvalue weighted by Gasteiger charge is 2.09. The van der Waals surface area contributed by atoms with E-state index < -0.39 is 23.9 Å². The first-order valence-corrected chi connectivity index (χ1v) is 7.35. The van der Waals surface area contributed by atoms with Crippen molar-refractivity contribution >= 4 is 23.9 Å². The van der Waals surface area contributed by atoms with Crippen LogP contribution in [-0.2, 0) is 19.1 Å². The van der Waals surface area contributed by atoms with Crippen molar-refractivity contribution in [3.05, 3.63) is 97.1 Å². The Labute approximate surface area is 150 Å². The van der Waals surface area contributed by atoms with Crippen molar-refractivity contribution in [1.29, 1.82) is 0 Å². The lowest BCUT2D eigenvalue weighted by Crippen LogP contribution is -2.09. The van der Waals surface area contributed by atoms with Crippen LogP contribution in [0.2, 0.25) is 0 Å². The number of hydrogen-bond donors (Lipinski definition) is 0. The predicted octanol–water partition coefficient (Wildman–Crippen LogP) is 3.11. The molecule has 2 rings (SSSR count). The third-order valence-electron chi connectivity index (χ3n) is 2.74. The van der Waals surface area contributed by atoms with Crippen molar-refractivity contribution in [1.82, 2.24) is 0 Å². The molecule has 0 saturated heterocycles. The number of esters is 4. The molecule has 0 bridgehead atoms. The first-order valence-electron chi connectivity index (χ1n) is 7.35. The molecule has 0 N–H and O–H groups in total. The standard InChI is InChI=1S/2C10H8O3/c2*1-2-9(11)13-10(12)8-6-4-3-5-7-8/h2*2-7H,1H2. The van der Waals surface area contributed by atoms with Gasteiger partial charge in [0.15, 0.2) is 0 Å². The highest BCUT2D eigenvalue weighted by molar-refractivity contribution is 6.00. The minimum Gasteiger partial charge on any atom is -0.386 e. The number of hydrogen-bond acceptors (Lipinski definition) is 6. The van der Waals surface area contributed by atoms with Gasteiger partial charge < -0.3 is 9.47 Å². The summed E-state index contributed by atoms with van der Waals surface area (Å²) < 4.78 is 8.78. The largest absolute Gasteiger partial charge is 0.386 e. The molecule has 2 aromatic rings. The molecule has 6 nitrogen and oxygen atoms in total. The molecular weight excluding hydrogens is 336 g/mol. The summed E-state index contributed by atoms with van der Waals surface area (Å²) >= 11 is 0. The Morgan fingerprint density at radius 2 is 0.923 bits per heavy atom. The molecule has 0 aromatic heterocycles. The van der Waals surface area contributed by atoms with E-state index in [1.165, 1.54) is 0 Å². The normalized spacial score (nSPS) is 8.92. The Hall–Kier alpha value is -3.80. The summed E-state index contributed by atoms with van der Waals surface area (Å²) in [5, 5.41) is 0. The summed E-state index contributed by atoms with van der Waals surface area (Å²) in [6.07, 6.45) is 1.89. The SMILES string of the molecule is C=CC(=O)OC(=O)c1ccccc1.C=CC(=O)OC(=O)c1ccccc1. The molecule has 0 aliphatic heterocycles. The number of benzene rings is 2. The average Bonchev–Trinajstić information content (AvgIpc) is 2.69. The van der Waals surface area contributed by atoms with E-state index in [0.717, 1.165) is 12.2 Å². The van der Waals surface area contributed by atoms with E-state index >= 15 is 0 Å². The van der Waals surface area contributed by atoms with E-state index in [1.807, 2.05) is 0 Å². The van der Waals surface area contributed by atoms with Crippen LogP contribution in [0, 0.1) is 0 Å². The van der Waals surface area contributed by atoms with Gasteiger partial charge in [-0.1, -0.05) is 49.6 Å². The van der Waals surface area contributed by atoms with Crippen molar-refractivity contribution in [2.75, 3.05) is 0 Å². The van der Waals surface area contributed by atoms with Gasteiger partial charge in [-0.25, -0.2) is 19.2 Å². The van der Waals surface area contributed by atoms with Gasteiger partial charge in [-0.05, 0) is 24.3 Å². The molecule has 0 aliphatic rings. The molecule has 0 saturated carbocycles. The maximum atomic E-state index is 11.1. The van der Waals surface area contributed by atoms with Gasteiger partial charge in [0.2, 0.25) is 0 Å². The zero-order valence-corrected chi connectivity index (χ0v) is 13.8. The fraction of sp³-hybridized carbons (Fsp3) is 0. The minimum atomic E-state index is -0.742. The highest BCUT2D eigenvalue weighted by atomic mass is 16.6. The average molecular weight is 352 g/mol. The molecule has 26 heavy (non-hydrogen) atoms. The Balaban J connectivity index is 0.000000260.